The molecule has 0 spiro atoms. The zero-order chi connectivity index (χ0) is 11.8. The summed E-state index contributed by atoms with van der Waals surface area (Å²) in [5.74, 6) is 3.51. The summed E-state index contributed by atoms with van der Waals surface area (Å²) in [7, 11) is 5.58. The number of nitrogens with one attached hydrogen (secondary N) is 1. The van der Waals surface area contributed by atoms with Crippen molar-refractivity contribution in [3.05, 3.63) is 0 Å². The summed E-state index contributed by atoms with van der Waals surface area (Å²) in [5, 5.41) is 3.66. The van der Waals surface area contributed by atoms with Gasteiger partial charge in [-0.3, -0.25) is 14.9 Å². The maximum absolute atomic E-state index is 11.5. The van der Waals surface area contributed by atoms with Gasteiger partial charge in [-0.05, 0) is 7.05 Å². The second-order valence-corrected chi connectivity index (χ2v) is 2.50. The Balaban J connectivity index is 4.54. The minimum atomic E-state index is -0.797. The molecule has 0 radical (unpaired) electrons. The average molecular weight is 214 g/mol. The number of esters is 1. The van der Waals surface area contributed by atoms with Crippen LogP contribution in [0.1, 0.15) is 0 Å². The third kappa shape index (κ3) is 4.44. The van der Waals surface area contributed by atoms with Gasteiger partial charge >= 0.3 is 5.97 Å². The van der Waals surface area contributed by atoms with Crippen molar-refractivity contribution in [2.75, 3.05) is 28.3 Å². The van der Waals surface area contributed by atoms with Crippen LogP contribution in [0.15, 0.2) is 0 Å². The molecule has 0 aliphatic carbocycles. The van der Waals surface area contributed by atoms with Crippen LogP contribution >= 0.6 is 0 Å². The van der Waals surface area contributed by atoms with Crippen molar-refractivity contribution in [3.63, 3.8) is 0 Å². The first-order valence-corrected chi connectivity index (χ1v) is 4.15. The zero-order valence-corrected chi connectivity index (χ0v) is 9.16. The first kappa shape index (κ1) is 13.4. The Hall–Kier alpha value is -1.58. The number of hydroxylamine groups is 2. The summed E-state index contributed by atoms with van der Waals surface area (Å²) in [4.78, 5) is 26.9. The molecule has 6 heteroatoms. The van der Waals surface area contributed by atoms with Crippen LogP contribution in [0.2, 0.25) is 0 Å². The quantitative estimate of drug-likeness (QED) is 0.276. The minimum Gasteiger partial charge on any atom is -0.459 e. The molecule has 0 aromatic carbocycles. The van der Waals surface area contributed by atoms with E-state index in [2.05, 4.69) is 26.7 Å². The maximum atomic E-state index is 11.5. The monoisotopic (exact) mass is 214 g/mol. The molecule has 0 saturated carbocycles. The molecule has 0 saturated heterocycles. The van der Waals surface area contributed by atoms with E-state index >= 15 is 0 Å². The first-order valence-electron chi connectivity index (χ1n) is 4.15. The number of likely N-dealkylation sites (N-methyl/N-ethyl adjacent to an activating group) is 2. The molecule has 1 atom stereocenters. The lowest BCUT2D eigenvalue weighted by molar-refractivity contribution is -0.169. The maximum Gasteiger partial charge on any atom is 0.384 e. The van der Waals surface area contributed by atoms with Gasteiger partial charge in [0.15, 0.2) is 6.04 Å². The molecule has 0 aromatic rings. The molecule has 0 aromatic heterocycles. The highest BCUT2D eigenvalue weighted by Gasteiger charge is 2.18. The molecule has 0 fully saturated rings. The van der Waals surface area contributed by atoms with Gasteiger partial charge in [-0.15, -0.1) is 0 Å². The normalized spacial score (nSPS) is 10.9. The van der Waals surface area contributed by atoms with Gasteiger partial charge in [-0.2, -0.15) is 0 Å². The second-order valence-electron chi connectivity index (χ2n) is 2.50. The van der Waals surface area contributed by atoms with E-state index in [1.807, 2.05) is 0 Å². The van der Waals surface area contributed by atoms with Crippen molar-refractivity contribution < 1.29 is 19.2 Å². The topological polar surface area (TPSA) is 67.9 Å². The van der Waals surface area contributed by atoms with Crippen molar-refractivity contribution in [2.24, 2.45) is 0 Å². The number of hydrogen-bond acceptors (Lipinski definition) is 5. The lowest BCUT2D eigenvalue weighted by Crippen LogP contribution is -2.42. The van der Waals surface area contributed by atoms with Crippen molar-refractivity contribution >= 4 is 11.9 Å². The number of methoxy groups -OCH3 is 1. The van der Waals surface area contributed by atoms with E-state index < -0.39 is 17.9 Å². The van der Waals surface area contributed by atoms with Crippen LogP contribution in [-0.4, -0.2) is 51.3 Å². The smallest absolute Gasteiger partial charge is 0.384 e. The van der Waals surface area contributed by atoms with E-state index in [0.29, 0.717) is 0 Å². The molecule has 0 rings (SSSR count). The highest BCUT2D eigenvalue weighted by atomic mass is 16.7. The van der Waals surface area contributed by atoms with Crippen LogP contribution in [0.4, 0.5) is 0 Å². The highest BCUT2D eigenvalue weighted by molar-refractivity contribution is 5.91. The molecular formula is C9H14N2O4. The number of carbonyl (C=O) groups is 2. The Morgan fingerprint density at radius 3 is 2.40 bits per heavy atom. The Morgan fingerprint density at radius 1 is 1.40 bits per heavy atom. The molecule has 84 valence electrons. The third-order valence-corrected chi connectivity index (χ3v) is 1.62. The molecule has 0 heterocycles. The third-order valence-electron chi connectivity index (χ3n) is 1.62. The minimum absolute atomic E-state index is 0.392. The predicted molar refractivity (Wildman–Crippen MR) is 52.4 cm³/mol. The van der Waals surface area contributed by atoms with E-state index in [4.69, 9.17) is 0 Å². The fourth-order valence-corrected chi connectivity index (χ4v) is 0.711. The molecule has 1 amide bonds. The number of hydrogen-bond donors (Lipinski definition) is 1. The van der Waals surface area contributed by atoms with Crippen molar-refractivity contribution in [1.82, 2.24) is 10.4 Å². The standard InChI is InChI=1S/C9H14N2O4/c1-10-7(5-6-8(12)14-3)9(13)11(2)15-4/h7,10H,1-4H3. The number of ether oxygens (including phenoxy) is 1. The Kier molecular flexibility index (Phi) is 6.09. The molecular weight excluding hydrogens is 200 g/mol. The first-order chi connectivity index (χ1) is 7.06. The van der Waals surface area contributed by atoms with Gasteiger partial charge in [0.1, 0.15) is 0 Å². The van der Waals surface area contributed by atoms with E-state index in [9.17, 15) is 9.59 Å². The number of carbonyl (C=O) groups excluding carboxylic acids is 2. The van der Waals surface area contributed by atoms with Gasteiger partial charge in [0.05, 0.1) is 14.2 Å². The average Bonchev–Trinajstić information content (AvgIpc) is 2.27. The molecule has 15 heavy (non-hydrogen) atoms. The van der Waals surface area contributed by atoms with Crippen LogP contribution in [0.25, 0.3) is 0 Å². The van der Waals surface area contributed by atoms with Crippen LogP contribution < -0.4 is 5.32 Å². The van der Waals surface area contributed by atoms with E-state index in [1.54, 1.807) is 7.05 Å². The largest absolute Gasteiger partial charge is 0.459 e. The Bertz CT molecular complexity index is 292. The molecule has 1 unspecified atom stereocenters. The molecule has 0 bridgehead atoms. The van der Waals surface area contributed by atoms with Gasteiger partial charge in [-0.25, -0.2) is 9.86 Å². The lowest BCUT2D eigenvalue weighted by atomic mass is 10.3. The second kappa shape index (κ2) is 6.81. The van der Waals surface area contributed by atoms with Crippen LogP contribution in [-0.2, 0) is 19.2 Å². The summed E-state index contributed by atoms with van der Waals surface area (Å²) in [6, 6.07) is -0.797. The lowest BCUT2D eigenvalue weighted by Gasteiger charge is -2.17. The van der Waals surface area contributed by atoms with Crippen molar-refractivity contribution in [1.29, 1.82) is 0 Å². The van der Waals surface area contributed by atoms with E-state index in [0.717, 1.165) is 5.06 Å². The van der Waals surface area contributed by atoms with Crippen LogP contribution in [0.5, 0.6) is 0 Å². The van der Waals surface area contributed by atoms with Gasteiger partial charge in [0, 0.05) is 13.0 Å². The Morgan fingerprint density at radius 2 is 2.00 bits per heavy atom. The number of amides is 1. The fourth-order valence-electron chi connectivity index (χ4n) is 0.711. The van der Waals surface area contributed by atoms with Gasteiger partial charge in [0.25, 0.3) is 5.91 Å². The zero-order valence-electron chi connectivity index (χ0n) is 9.16. The van der Waals surface area contributed by atoms with Crippen molar-refractivity contribution in [2.45, 2.75) is 6.04 Å². The van der Waals surface area contributed by atoms with Crippen molar-refractivity contribution in [3.8, 4) is 11.8 Å². The molecule has 0 aliphatic rings. The summed E-state index contributed by atoms with van der Waals surface area (Å²) < 4.78 is 4.32. The summed E-state index contributed by atoms with van der Waals surface area (Å²) in [6.45, 7) is 0. The number of rotatable bonds is 3. The molecule has 0 aliphatic heterocycles. The summed E-state index contributed by atoms with van der Waals surface area (Å²) >= 11 is 0. The van der Waals surface area contributed by atoms with Crippen LogP contribution in [0, 0.1) is 11.8 Å². The molecule has 1 N–H and O–H groups in total. The predicted octanol–water partition coefficient (Wildman–Crippen LogP) is -1.23. The molecule has 6 nitrogen and oxygen atoms in total. The van der Waals surface area contributed by atoms with E-state index in [1.165, 1.54) is 21.3 Å². The van der Waals surface area contributed by atoms with Gasteiger partial charge in [0.2, 0.25) is 0 Å². The fraction of sp³-hybridized carbons (Fsp3) is 0.556. The summed E-state index contributed by atoms with van der Waals surface area (Å²) in [5.41, 5.74) is 0. The van der Waals surface area contributed by atoms with Gasteiger partial charge in [-0.1, -0.05) is 5.92 Å². The van der Waals surface area contributed by atoms with Crippen LogP contribution in [0.3, 0.4) is 0 Å². The Labute approximate surface area is 88.5 Å². The van der Waals surface area contributed by atoms with E-state index in [-0.39, 0.29) is 0 Å². The number of nitrogens with zero attached hydrogens (tertiary/aromatic N) is 1. The highest BCUT2D eigenvalue weighted by Crippen LogP contribution is 1.90. The summed E-state index contributed by atoms with van der Waals surface area (Å²) in [6.07, 6.45) is 0. The SMILES string of the molecule is CNC(C#CC(=O)OC)C(=O)N(C)OC. The van der Waals surface area contributed by atoms with Gasteiger partial charge < -0.3 is 4.74 Å².